The van der Waals surface area contributed by atoms with Crippen LogP contribution in [0.1, 0.15) is 18.4 Å². The number of fused-ring (bicyclic) bond motifs is 1. The quantitative estimate of drug-likeness (QED) is 0.622. The fourth-order valence-electron chi connectivity index (χ4n) is 3.53. The van der Waals surface area contributed by atoms with Crippen molar-refractivity contribution in [2.75, 3.05) is 6.26 Å². The van der Waals surface area contributed by atoms with Crippen LogP contribution in [0.5, 0.6) is 5.75 Å². The fraction of sp³-hybridized carbons (Fsp3) is 0.273. The Hall–Kier alpha value is -2.84. The Balaban J connectivity index is 1.60. The number of sulfonamides is 1. The molecule has 3 aromatic rings. The van der Waals surface area contributed by atoms with Crippen molar-refractivity contribution in [2.45, 2.75) is 25.9 Å². The summed E-state index contributed by atoms with van der Waals surface area (Å²) in [5, 5.41) is 0.731. The first kappa shape index (κ1) is 21.4. The van der Waals surface area contributed by atoms with Gasteiger partial charge in [-0.3, -0.25) is 14.3 Å². The molecule has 9 heteroatoms. The molecule has 1 N–H and O–H groups in total. The largest absolute Gasteiger partial charge is 0.490 e. The van der Waals surface area contributed by atoms with E-state index in [1.54, 1.807) is 24.3 Å². The molecule has 31 heavy (non-hydrogen) atoms. The summed E-state index contributed by atoms with van der Waals surface area (Å²) in [6.07, 6.45) is 1.47. The van der Waals surface area contributed by atoms with Gasteiger partial charge in [-0.05, 0) is 49.6 Å². The maximum Gasteiger partial charge on any atom is 0.236 e. The Labute approximate surface area is 184 Å². The highest BCUT2D eigenvalue weighted by molar-refractivity contribution is 7.89. The first-order valence-corrected chi connectivity index (χ1v) is 11.9. The molecule has 4 rings (SSSR count). The molecule has 7 nitrogen and oxygen atoms in total. The van der Waals surface area contributed by atoms with E-state index in [1.807, 2.05) is 23.8 Å². The lowest BCUT2D eigenvalue weighted by Gasteiger charge is -2.34. The van der Waals surface area contributed by atoms with Crippen LogP contribution in [-0.4, -0.2) is 26.7 Å². The number of aryl methyl sites for hydroxylation is 1. The van der Waals surface area contributed by atoms with Crippen LogP contribution in [0, 0.1) is 12.8 Å². The second-order valence-corrected chi connectivity index (χ2v) is 9.89. The molecule has 1 amide bonds. The third kappa shape index (κ3) is 4.60. The van der Waals surface area contributed by atoms with E-state index in [9.17, 15) is 18.0 Å². The lowest BCUT2D eigenvalue weighted by atomic mass is 9.82. The Morgan fingerprint density at radius 1 is 1.19 bits per heavy atom. The predicted octanol–water partition coefficient (Wildman–Crippen LogP) is 3.66. The van der Waals surface area contributed by atoms with Gasteiger partial charge < -0.3 is 9.15 Å². The zero-order valence-electron chi connectivity index (χ0n) is 16.8. The average Bonchev–Trinajstić information content (AvgIpc) is 2.63. The van der Waals surface area contributed by atoms with Crippen LogP contribution in [0.25, 0.3) is 22.3 Å². The molecule has 1 aliphatic rings. The number of benzene rings is 2. The van der Waals surface area contributed by atoms with Gasteiger partial charge in [0, 0.05) is 12.0 Å². The van der Waals surface area contributed by atoms with E-state index in [0.29, 0.717) is 45.9 Å². The number of nitrogens with one attached hydrogen (secondary N) is 1. The standard InChI is InChI=1S/C22H20ClNO6S/c1-12-6-7-16(20-11-18(25)15-4-3-5-17(23)21(15)30-20)19(8-12)29-14-9-13(10-14)22(26)24-31(2,27)28/h3-8,11,13-14H,9-10H2,1-2H3,(H,24,26)/t13-,14+. The number of amides is 1. The molecule has 1 heterocycles. The minimum Gasteiger partial charge on any atom is -0.490 e. The van der Waals surface area contributed by atoms with E-state index < -0.39 is 21.8 Å². The molecule has 2 aromatic carbocycles. The van der Waals surface area contributed by atoms with E-state index in [0.717, 1.165) is 11.8 Å². The summed E-state index contributed by atoms with van der Waals surface area (Å²) in [5.41, 5.74) is 1.63. The normalized spacial score (nSPS) is 18.4. The van der Waals surface area contributed by atoms with Gasteiger partial charge in [-0.2, -0.15) is 0 Å². The highest BCUT2D eigenvalue weighted by Gasteiger charge is 2.37. The molecule has 162 valence electrons. The minimum absolute atomic E-state index is 0.216. The van der Waals surface area contributed by atoms with Crippen molar-refractivity contribution in [1.29, 1.82) is 0 Å². The Kier molecular flexibility index (Phi) is 5.53. The van der Waals surface area contributed by atoms with Crippen LogP contribution >= 0.6 is 11.6 Å². The maximum atomic E-state index is 12.6. The number of rotatable bonds is 5. The van der Waals surface area contributed by atoms with Gasteiger partial charge in [0.05, 0.1) is 22.2 Å². The molecule has 1 aliphatic carbocycles. The molecule has 1 fully saturated rings. The summed E-state index contributed by atoms with van der Waals surface area (Å²) in [5.74, 6) is -0.111. The van der Waals surface area contributed by atoms with Gasteiger partial charge in [-0.25, -0.2) is 8.42 Å². The van der Waals surface area contributed by atoms with E-state index in [2.05, 4.69) is 0 Å². The molecule has 0 unspecified atom stereocenters. The molecular weight excluding hydrogens is 442 g/mol. The van der Waals surface area contributed by atoms with E-state index in [-0.39, 0.29) is 11.5 Å². The van der Waals surface area contributed by atoms with Crippen molar-refractivity contribution < 1.29 is 22.4 Å². The molecular formula is C22H20ClNO6S. The van der Waals surface area contributed by atoms with Crippen molar-refractivity contribution in [2.24, 2.45) is 5.92 Å². The van der Waals surface area contributed by atoms with E-state index in [1.165, 1.54) is 6.07 Å². The van der Waals surface area contributed by atoms with E-state index in [4.69, 9.17) is 20.8 Å². The van der Waals surface area contributed by atoms with Crippen LogP contribution in [0.4, 0.5) is 0 Å². The Bertz CT molecular complexity index is 1340. The third-order valence-corrected chi connectivity index (χ3v) is 6.02. The summed E-state index contributed by atoms with van der Waals surface area (Å²) >= 11 is 6.22. The first-order chi connectivity index (χ1) is 14.6. The van der Waals surface area contributed by atoms with Gasteiger partial charge in [0.15, 0.2) is 11.0 Å². The van der Waals surface area contributed by atoms with Crippen LogP contribution < -0.4 is 14.9 Å². The number of para-hydroxylation sites is 1. The summed E-state index contributed by atoms with van der Waals surface area (Å²) in [6.45, 7) is 1.91. The Morgan fingerprint density at radius 2 is 1.94 bits per heavy atom. The third-order valence-electron chi connectivity index (χ3n) is 5.15. The minimum atomic E-state index is -3.59. The van der Waals surface area contributed by atoms with E-state index >= 15 is 0 Å². The van der Waals surface area contributed by atoms with Crippen LogP contribution in [0.15, 0.2) is 51.7 Å². The predicted molar refractivity (Wildman–Crippen MR) is 118 cm³/mol. The summed E-state index contributed by atoms with van der Waals surface area (Å²) in [7, 11) is -3.59. The van der Waals surface area contributed by atoms with Crippen LogP contribution in [0.2, 0.25) is 5.02 Å². The van der Waals surface area contributed by atoms with Gasteiger partial charge in [0.1, 0.15) is 17.6 Å². The molecule has 0 aliphatic heterocycles. The monoisotopic (exact) mass is 461 g/mol. The highest BCUT2D eigenvalue weighted by Crippen LogP contribution is 2.38. The van der Waals surface area contributed by atoms with Gasteiger partial charge in [-0.15, -0.1) is 0 Å². The molecule has 0 bridgehead atoms. The van der Waals surface area contributed by atoms with Crippen molar-refractivity contribution in [1.82, 2.24) is 4.72 Å². The molecule has 1 saturated carbocycles. The number of halogens is 1. The molecule has 0 atom stereocenters. The second-order valence-electron chi connectivity index (χ2n) is 7.74. The number of carbonyl (C=O) groups excluding carboxylic acids is 1. The zero-order chi connectivity index (χ0) is 22.3. The average molecular weight is 462 g/mol. The lowest BCUT2D eigenvalue weighted by Crippen LogP contribution is -2.45. The summed E-state index contributed by atoms with van der Waals surface area (Å²) in [6, 6.07) is 11.9. The lowest BCUT2D eigenvalue weighted by molar-refractivity contribution is -0.128. The SMILES string of the molecule is Cc1ccc(-c2cc(=O)c3cccc(Cl)c3o2)c(O[C@H]2C[C@@H](C(=O)NS(C)(=O)=O)C2)c1. The van der Waals surface area contributed by atoms with Crippen molar-refractivity contribution >= 4 is 38.5 Å². The highest BCUT2D eigenvalue weighted by atomic mass is 35.5. The Morgan fingerprint density at radius 3 is 2.65 bits per heavy atom. The molecule has 0 radical (unpaired) electrons. The van der Waals surface area contributed by atoms with Gasteiger partial charge in [0.2, 0.25) is 15.9 Å². The van der Waals surface area contributed by atoms with Crippen molar-refractivity contribution in [3.63, 3.8) is 0 Å². The zero-order valence-corrected chi connectivity index (χ0v) is 18.4. The topological polar surface area (TPSA) is 103 Å². The van der Waals surface area contributed by atoms with Gasteiger partial charge >= 0.3 is 0 Å². The number of hydrogen-bond donors (Lipinski definition) is 1. The number of ether oxygens (including phenoxy) is 1. The van der Waals surface area contributed by atoms with Crippen LogP contribution in [-0.2, 0) is 14.8 Å². The van der Waals surface area contributed by atoms with Crippen molar-refractivity contribution in [3.05, 3.63) is 63.3 Å². The molecule has 0 spiro atoms. The van der Waals surface area contributed by atoms with Gasteiger partial charge in [0.25, 0.3) is 0 Å². The van der Waals surface area contributed by atoms with Crippen LogP contribution in [0.3, 0.4) is 0 Å². The number of hydrogen-bond acceptors (Lipinski definition) is 6. The fourth-order valence-corrected chi connectivity index (χ4v) is 4.27. The van der Waals surface area contributed by atoms with Gasteiger partial charge in [-0.1, -0.05) is 23.7 Å². The molecule has 1 aromatic heterocycles. The second kappa shape index (κ2) is 8.01. The van der Waals surface area contributed by atoms with Crippen molar-refractivity contribution in [3.8, 4) is 17.1 Å². The number of carbonyl (C=O) groups is 1. The maximum absolute atomic E-state index is 12.6. The summed E-state index contributed by atoms with van der Waals surface area (Å²) in [4.78, 5) is 24.5. The molecule has 0 saturated heterocycles. The smallest absolute Gasteiger partial charge is 0.236 e. The summed E-state index contributed by atoms with van der Waals surface area (Å²) < 4.78 is 36.5. The first-order valence-electron chi connectivity index (χ1n) is 9.62.